The van der Waals surface area contributed by atoms with Gasteiger partial charge in [0, 0.05) is 6.54 Å². The molecule has 3 amide bonds. The Balaban J connectivity index is 1.30. The van der Waals surface area contributed by atoms with Gasteiger partial charge in [0.05, 0.1) is 13.2 Å². The van der Waals surface area contributed by atoms with Gasteiger partial charge in [0.15, 0.2) is 5.76 Å². The molecule has 1 aromatic heterocycles. The first-order chi connectivity index (χ1) is 15.6. The van der Waals surface area contributed by atoms with Crippen LogP contribution in [0.4, 0.5) is 4.79 Å². The molecule has 0 aliphatic carbocycles. The van der Waals surface area contributed by atoms with Gasteiger partial charge in [0.25, 0.3) is 0 Å². The van der Waals surface area contributed by atoms with Gasteiger partial charge in [0.2, 0.25) is 0 Å². The van der Waals surface area contributed by atoms with Crippen molar-refractivity contribution in [3.63, 3.8) is 0 Å². The van der Waals surface area contributed by atoms with Crippen molar-refractivity contribution in [3.05, 3.63) is 83.8 Å². The average molecular weight is 435 g/mol. The summed E-state index contributed by atoms with van der Waals surface area (Å²) in [5, 5.41) is 0. The molecule has 0 bridgehead atoms. The van der Waals surface area contributed by atoms with Gasteiger partial charge in [-0.3, -0.25) is 10.2 Å². The Hall–Kier alpha value is -3.94. The molecule has 3 aromatic rings. The van der Waals surface area contributed by atoms with Gasteiger partial charge in [-0.25, -0.2) is 10.2 Å². The zero-order chi connectivity index (χ0) is 22.3. The molecule has 8 nitrogen and oxygen atoms in total. The van der Waals surface area contributed by atoms with Crippen molar-refractivity contribution in [1.29, 1.82) is 0 Å². The first kappa shape index (κ1) is 21.3. The van der Waals surface area contributed by atoms with Gasteiger partial charge < -0.3 is 18.8 Å². The number of hydrazine groups is 1. The molecule has 1 fully saturated rings. The summed E-state index contributed by atoms with van der Waals surface area (Å²) in [4.78, 5) is 26.8. The van der Waals surface area contributed by atoms with Gasteiger partial charge >= 0.3 is 11.9 Å². The standard InChI is InChI=1S/C24H25N3O5/c1-30-19-10-5-7-17(15-19)21-11-6-14-27(21)24(29)26-25-23(28)22-13-12-20(32-22)16-31-18-8-3-2-4-9-18/h2-5,7-10,12-13,15,21H,6,11,14,16H2,1H3,(H,25,28)(H,26,29). The fourth-order valence-electron chi connectivity index (χ4n) is 3.70. The van der Waals surface area contributed by atoms with E-state index in [1.54, 1.807) is 24.1 Å². The number of likely N-dealkylation sites (tertiary alicyclic amines) is 1. The summed E-state index contributed by atoms with van der Waals surface area (Å²) in [6, 6.07) is 19.7. The highest BCUT2D eigenvalue weighted by Gasteiger charge is 2.30. The largest absolute Gasteiger partial charge is 0.497 e. The van der Waals surface area contributed by atoms with Crippen LogP contribution in [0.25, 0.3) is 0 Å². The fraction of sp³-hybridized carbons (Fsp3) is 0.250. The molecule has 2 heterocycles. The molecular weight excluding hydrogens is 410 g/mol. The SMILES string of the molecule is COc1cccc(C2CCCN2C(=O)NNC(=O)c2ccc(COc3ccccc3)o2)c1. The van der Waals surface area contributed by atoms with E-state index in [-0.39, 0.29) is 24.4 Å². The normalized spacial score (nSPS) is 15.3. The van der Waals surface area contributed by atoms with Crippen molar-refractivity contribution in [2.75, 3.05) is 13.7 Å². The van der Waals surface area contributed by atoms with Crippen LogP contribution < -0.4 is 20.3 Å². The second-order valence-electron chi connectivity index (χ2n) is 7.38. The van der Waals surface area contributed by atoms with Gasteiger partial charge in [-0.15, -0.1) is 0 Å². The molecule has 166 valence electrons. The number of carbonyl (C=O) groups excluding carboxylic acids is 2. The predicted molar refractivity (Wildman–Crippen MR) is 117 cm³/mol. The van der Waals surface area contributed by atoms with E-state index >= 15 is 0 Å². The third kappa shape index (κ3) is 5.03. The third-order valence-electron chi connectivity index (χ3n) is 5.28. The number of ether oxygens (including phenoxy) is 2. The summed E-state index contributed by atoms with van der Waals surface area (Å²) in [5.41, 5.74) is 5.90. The number of amides is 3. The van der Waals surface area contributed by atoms with Crippen molar-refractivity contribution < 1.29 is 23.5 Å². The highest BCUT2D eigenvalue weighted by atomic mass is 16.5. The Bertz CT molecular complexity index is 1070. The number of carbonyl (C=O) groups is 2. The third-order valence-corrected chi connectivity index (χ3v) is 5.28. The lowest BCUT2D eigenvalue weighted by Gasteiger charge is -2.25. The summed E-state index contributed by atoms with van der Waals surface area (Å²) < 4.78 is 16.4. The molecule has 1 aliphatic rings. The maximum absolute atomic E-state index is 12.7. The Morgan fingerprint density at radius 2 is 1.84 bits per heavy atom. The summed E-state index contributed by atoms with van der Waals surface area (Å²) in [5.74, 6) is 1.50. The molecule has 0 saturated carbocycles. The van der Waals surface area contributed by atoms with Gasteiger partial charge in [-0.1, -0.05) is 30.3 Å². The molecule has 1 saturated heterocycles. The Morgan fingerprint density at radius 3 is 2.66 bits per heavy atom. The summed E-state index contributed by atoms with van der Waals surface area (Å²) >= 11 is 0. The van der Waals surface area contributed by atoms with Crippen LogP contribution in [-0.4, -0.2) is 30.5 Å². The maximum atomic E-state index is 12.7. The zero-order valence-corrected chi connectivity index (χ0v) is 17.7. The smallest absolute Gasteiger partial charge is 0.336 e. The molecule has 1 aliphatic heterocycles. The first-order valence-corrected chi connectivity index (χ1v) is 10.4. The minimum Gasteiger partial charge on any atom is -0.497 e. The number of nitrogens with zero attached hydrogens (tertiary/aromatic N) is 1. The molecule has 2 N–H and O–H groups in total. The minimum absolute atomic E-state index is 0.0765. The number of urea groups is 1. The van der Waals surface area contributed by atoms with Crippen LogP contribution in [0.1, 0.15) is 40.8 Å². The van der Waals surface area contributed by atoms with E-state index in [1.807, 2.05) is 54.6 Å². The van der Waals surface area contributed by atoms with Crippen LogP contribution in [0.2, 0.25) is 0 Å². The fourth-order valence-corrected chi connectivity index (χ4v) is 3.70. The quantitative estimate of drug-likeness (QED) is 0.570. The van der Waals surface area contributed by atoms with E-state index < -0.39 is 5.91 Å². The molecule has 0 spiro atoms. The van der Waals surface area contributed by atoms with Crippen LogP contribution >= 0.6 is 0 Å². The highest BCUT2D eigenvalue weighted by molar-refractivity contribution is 5.92. The van der Waals surface area contributed by atoms with E-state index in [4.69, 9.17) is 13.9 Å². The van der Waals surface area contributed by atoms with Gasteiger partial charge in [-0.05, 0) is 54.8 Å². The van der Waals surface area contributed by atoms with E-state index in [2.05, 4.69) is 10.9 Å². The highest BCUT2D eigenvalue weighted by Crippen LogP contribution is 2.33. The molecule has 1 atom stereocenters. The van der Waals surface area contributed by atoms with Crippen LogP contribution in [-0.2, 0) is 6.61 Å². The van der Waals surface area contributed by atoms with Crippen molar-refractivity contribution in [3.8, 4) is 11.5 Å². The second-order valence-corrected chi connectivity index (χ2v) is 7.38. The molecule has 4 rings (SSSR count). The molecule has 1 unspecified atom stereocenters. The van der Waals surface area contributed by atoms with Crippen molar-refractivity contribution >= 4 is 11.9 Å². The molecule has 8 heteroatoms. The lowest BCUT2D eigenvalue weighted by Crippen LogP contribution is -2.48. The Labute approximate surface area is 186 Å². The van der Waals surface area contributed by atoms with E-state index in [0.29, 0.717) is 18.1 Å². The molecule has 2 aromatic carbocycles. The number of methoxy groups -OCH3 is 1. The van der Waals surface area contributed by atoms with Crippen molar-refractivity contribution in [2.45, 2.75) is 25.5 Å². The van der Waals surface area contributed by atoms with Crippen molar-refractivity contribution in [2.24, 2.45) is 0 Å². The first-order valence-electron chi connectivity index (χ1n) is 10.4. The van der Waals surface area contributed by atoms with Gasteiger partial charge in [0.1, 0.15) is 23.9 Å². The summed E-state index contributed by atoms with van der Waals surface area (Å²) in [6.45, 7) is 0.797. The van der Waals surface area contributed by atoms with Crippen molar-refractivity contribution in [1.82, 2.24) is 15.8 Å². The van der Waals surface area contributed by atoms with E-state index in [9.17, 15) is 9.59 Å². The molecule has 32 heavy (non-hydrogen) atoms. The Kier molecular flexibility index (Phi) is 6.60. The molecular formula is C24H25N3O5. The van der Waals surface area contributed by atoms with E-state index in [0.717, 1.165) is 24.2 Å². The molecule has 0 radical (unpaired) electrons. The minimum atomic E-state index is -0.540. The second kappa shape index (κ2) is 9.91. The van der Waals surface area contributed by atoms with Crippen LogP contribution in [0, 0.1) is 0 Å². The maximum Gasteiger partial charge on any atom is 0.336 e. The predicted octanol–water partition coefficient (Wildman–Crippen LogP) is 4.06. The lowest BCUT2D eigenvalue weighted by molar-refractivity contribution is 0.0897. The lowest BCUT2D eigenvalue weighted by atomic mass is 10.0. The summed E-state index contributed by atoms with van der Waals surface area (Å²) in [7, 11) is 1.61. The monoisotopic (exact) mass is 435 g/mol. The number of hydrogen-bond donors (Lipinski definition) is 2. The zero-order valence-electron chi connectivity index (χ0n) is 17.7. The number of benzene rings is 2. The Morgan fingerprint density at radius 1 is 1.03 bits per heavy atom. The topological polar surface area (TPSA) is 93.0 Å². The number of furan rings is 1. The average Bonchev–Trinajstić information content (AvgIpc) is 3.52. The number of nitrogens with one attached hydrogen (secondary N) is 2. The van der Waals surface area contributed by atoms with Gasteiger partial charge in [-0.2, -0.15) is 0 Å². The number of rotatable bonds is 6. The van der Waals surface area contributed by atoms with Crippen LogP contribution in [0.3, 0.4) is 0 Å². The number of hydrogen-bond acceptors (Lipinski definition) is 5. The number of para-hydroxylation sites is 1. The van der Waals surface area contributed by atoms with Crippen LogP contribution in [0.5, 0.6) is 11.5 Å². The van der Waals surface area contributed by atoms with E-state index in [1.165, 1.54) is 0 Å². The van der Waals surface area contributed by atoms with Crippen LogP contribution in [0.15, 0.2) is 71.1 Å². The summed E-state index contributed by atoms with van der Waals surface area (Å²) in [6.07, 6.45) is 1.73.